The second-order valence-corrected chi connectivity index (χ2v) is 7.87. The molecule has 0 bridgehead atoms. The van der Waals surface area contributed by atoms with Crippen molar-refractivity contribution in [3.8, 4) is 11.5 Å². The van der Waals surface area contributed by atoms with Crippen molar-refractivity contribution < 1.29 is 13.6 Å². The molecule has 5 aromatic rings. The van der Waals surface area contributed by atoms with Gasteiger partial charge in [-0.05, 0) is 56.7 Å². The van der Waals surface area contributed by atoms with Crippen LogP contribution in [0.25, 0.3) is 33.5 Å². The second kappa shape index (κ2) is 7.49. The number of aromatic nitrogens is 3. The van der Waals surface area contributed by atoms with Gasteiger partial charge in [-0.2, -0.15) is 5.10 Å². The molecule has 8 nitrogen and oxygen atoms in total. The predicted octanol–water partition coefficient (Wildman–Crippen LogP) is 4.94. The maximum atomic E-state index is 13.3. The molecule has 0 aliphatic heterocycles. The first-order valence-electron chi connectivity index (χ1n) is 10.2. The Bertz CT molecular complexity index is 1530. The molecule has 32 heavy (non-hydrogen) atoms. The van der Waals surface area contributed by atoms with Crippen LogP contribution in [0.2, 0.25) is 0 Å². The molecule has 1 N–H and O–H groups in total. The minimum absolute atomic E-state index is 0.0642. The molecule has 160 valence electrons. The topological polar surface area (TPSA) is 103 Å². The zero-order valence-electron chi connectivity index (χ0n) is 17.7. The van der Waals surface area contributed by atoms with E-state index >= 15 is 0 Å². The van der Waals surface area contributed by atoms with Crippen molar-refractivity contribution in [2.75, 3.05) is 5.32 Å². The molecule has 0 fully saturated rings. The van der Waals surface area contributed by atoms with Crippen molar-refractivity contribution in [1.82, 2.24) is 14.8 Å². The van der Waals surface area contributed by atoms with Crippen molar-refractivity contribution in [2.24, 2.45) is 0 Å². The highest BCUT2D eigenvalue weighted by Gasteiger charge is 2.20. The van der Waals surface area contributed by atoms with E-state index in [1.54, 1.807) is 47.5 Å². The van der Waals surface area contributed by atoms with Gasteiger partial charge in [0, 0.05) is 29.2 Å². The molecule has 1 amide bonds. The quantitative estimate of drug-likeness (QED) is 0.407. The number of pyridine rings is 1. The lowest BCUT2D eigenvalue weighted by Gasteiger charge is -2.11. The van der Waals surface area contributed by atoms with Gasteiger partial charge in [0.1, 0.15) is 11.3 Å². The van der Waals surface area contributed by atoms with Gasteiger partial charge in [0.25, 0.3) is 5.91 Å². The average molecular weight is 428 g/mol. The van der Waals surface area contributed by atoms with Gasteiger partial charge in [0.05, 0.1) is 23.4 Å². The van der Waals surface area contributed by atoms with Gasteiger partial charge < -0.3 is 14.2 Å². The molecule has 4 aromatic heterocycles. The molecule has 0 saturated carbocycles. The van der Waals surface area contributed by atoms with Crippen LogP contribution in [0, 0.1) is 6.92 Å². The third kappa shape index (κ3) is 3.35. The molecule has 0 saturated heterocycles. The Hall–Kier alpha value is -4.20. The van der Waals surface area contributed by atoms with Crippen molar-refractivity contribution in [3.05, 3.63) is 76.5 Å². The summed E-state index contributed by atoms with van der Waals surface area (Å²) in [5.41, 5.74) is 2.86. The van der Waals surface area contributed by atoms with E-state index < -0.39 is 5.63 Å². The number of amides is 1. The number of aryl methyl sites for hydroxylation is 1. The van der Waals surface area contributed by atoms with Gasteiger partial charge >= 0.3 is 5.63 Å². The van der Waals surface area contributed by atoms with Crippen molar-refractivity contribution in [1.29, 1.82) is 0 Å². The number of furan rings is 1. The first kappa shape index (κ1) is 19.7. The lowest BCUT2D eigenvalue weighted by atomic mass is 10.1. The average Bonchev–Trinajstić information content (AvgIpc) is 3.42. The standard InChI is InChI=1S/C24H20N4O4/c1-13(2)28-23-18(12-25-28)17(11-19(27-23)20-5-4-8-31-20)24(30)26-15-6-7-16-14(3)9-22(29)32-21(16)10-15/h4-13H,1-3H3,(H,26,30). The number of hydrogen-bond acceptors (Lipinski definition) is 6. The molecule has 0 unspecified atom stereocenters. The Morgan fingerprint density at radius 2 is 1.97 bits per heavy atom. The molecule has 0 radical (unpaired) electrons. The molecule has 5 rings (SSSR count). The number of hydrogen-bond donors (Lipinski definition) is 1. The van der Waals surface area contributed by atoms with E-state index in [4.69, 9.17) is 8.83 Å². The number of nitrogens with one attached hydrogen (secondary N) is 1. The lowest BCUT2D eigenvalue weighted by molar-refractivity contribution is 0.102. The highest BCUT2D eigenvalue weighted by atomic mass is 16.4. The maximum Gasteiger partial charge on any atom is 0.336 e. The molecular formula is C24H20N4O4. The van der Waals surface area contributed by atoms with Crippen molar-refractivity contribution >= 4 is 33.6 Å². The Morgan fingerprint density at radius 1 is 1.12 bits per heavy atom. The summed E-state index contributed by atoms with van der Waals surface area (Å²) in [4.78, 5) is 29.7. The van der Waals surface area contributed by atoms with Gasteiger partial charge in [-0.1, -0.05) is 0 Å². The van der Waals surface area contributed by atoms with Crippen molar-refractivity contribution in [2.45, 2.75) is 26.8 Å². The van der Waals surface area contributed by atoms with Crippen LogP contribution >= 0.6 is 0 Å². The van der Waals surface area contributed by atoms with Gasteiger partial charge in [-0.3, -0.25) is 4.79 Å². The second-order valence-electron chi connectivity index (χ2n) is 7.87. The molecule has 1 aromatic carbocycles. The van der Waals surface area contributed by atoms with Gasteiger partial charge in [0.2, 0.25) is 0 Å². The molecule has 0 aliphatic rings. The SMILES string of the molecule is Cc1cc(=O)oc2cc(NC(=O)c3cc(-c4ccco4)nc4c3cnn4C(C)C)ccc12. The van der Waals surface area contributed by atoms with Crippen LogP contribution in [0.1, 0.15) is 35.8 Å². The van der Waals surface area contributed by atoms with E-state index in [2.05, 4.69) is 15.4 Å². The normalized spacial score (nSPS) is 11.5. The Kier molecular flexibility index (Phi) is 4.62. The summed E-state index contributed by atoms with van der Waals surface area (Å²) in [6.45, 7) is 5.84. The number of rotatable bonds is 4. The Balaban J connectivity index is 1.60. The molecule has 0 spiro atoms. The summed E-state index contributed by atoms with van der Waals surface area (Å²) in [5, 5.41) is 8.76. The predicted molar refractivity (Wildman–Crippen MR) is 121 cm³/mol. The zero-order chi connectivity index (χ0) is 22.4. The van der Waals surface area contributed by atoms with E-state index in [1.807, 2.05) is 26.8 Å². The summed E-state index contributed by atoms with van der Waals surface area (Å²) < 4.78 is 12.6. The van der Waals surface area contributed by atoms with E-state index in [1.165, 1.54) is 6.07 Å². The van der Waals surface area contributed by atoms with E-state index in [0.717, 1.165) is 10.9 Å². The van der Waals surface area contributed by atoms with Crippen LogP contribution < -0.4 is 10.9 Å². The zero-order valence-corrected chi connectivity index (χ0v) is 17.7. The fourth-order valence-electron chi connectivity index (χ4n) is 3.74. The third-order valence-electron chi connectivity index (χ3n) is 5.28. The Labute approximate surface area is 182 Å². The van der Waals surface area contributed by atoms with Crippen LogP contribution in [-0.2, 0) is 0 Å². The lowest BCUT2D eigenvalue weighted by Crippen LogP contribution is -2.13. The molecule has 0 atom stereocenters. The molecule has 4 heterocycles. The highest BCUT2D eigenvalue weighted by molar-refractivity contribution is 6.13. The van der Waals surface area contributed by atoms with E-state index in [-0.39, 0.29) is 11.9 Å². The van der Waals surface area contributed by atoms with E-state index in [0.29, 0.717) is 39.3 Å². The number of fused-ring (bicyclic) bond motifs is 2. The number of anilines is 1. The third-order valence-corrected chi connectivity index (χ3v) is 5.28. The molecule has 8 heteroatoms. The maximum absolute atomic E-state index is 13.3. The molecule has 0 aliphatic carbocycles. The summed E-state index contributed by atoms with van der Waals surface area (Å²) in [6, 6.07) is 12.0. The van der Waals surface area contributed by atoms with E-state index in [9.17, 15) is 9.59 Å². The van der Waals surface area contributed by atoms with Crippen LogP contribution in [0.15, 0.2) is 68.6 Å². The number of nitrogens with zero attached hydrogens (tertiary/aromatic N) is 3. The van der Waals surface area contributed by atoms with Gasteiger partial charge in [-0.15, -0.1) is 0 Å². The first-order valence-corrected chi connectivity index (χ1v) is 10.2. The fraction of sp³-hybridized carbons (Fsp3) is 0.167. The summed E-state index contributed by atoms with van der Waals surface area (Å²) >= 11 is 0. The minimum atomic E-state index is -0.432. The van der Waals surface area contributed by atoms with Gasteiger partial charge in [0.15, 0.2) is 11.4 Å². The smallest absolute Gasteiger partial charge is 0.336 e. The van der Waals surface area contributed by atoms with Crippen LogP contribution in [0.5, 0.6) is 0 Å². The highest BCUT2D eigenvalue weighted by Crippen LogP contribution is 2.28. The van der Waals surface area contributed by atoms with Crippen LogP contribution in [0.4, 0.5) is 5.69 Å². The van der Waals surface area contributed by atoms with Crippen LogP contribution in [0.3, 0.4) is 0 Å². The number of carbonyl (C=O) groups excluding carboxylic acids is 1. The monoisotopic (exact) mass is 428 g/mol. The minimum Gasteiger partial charge on any atom is -0.463 e. The van der Waals surface area contributed by atoms with Gasteiger partial charge in [-0.25, -0.2) is 14.5 Å². The largest absolute Gasteiger partial charge is 0.463 e. The summed E-state index contributed by atoms with van der Waals surface area (Å²) in [5.74, 6) is 0.225. The summed E-state index contributed by atoms with van der Waals surface area (Å²) in [7, 11) is 0. The number of carbonyl (C=O) groups is 1. The van der Waals surface area contributed by atoms with Crippen LogP contribution in [-0.4, -0.2) is 20.7 Å². The van der Waals surface area contributed by atoms with Crippen molar-refractivity contribution in [3.63, 3.8) is 0 Å². The fourth-order valence-corrected chi connectivity index (χ4v) is 3.74. The molecular weight excluding hydrogens is 408 g/mol. The summed E-state index contributed by atoms with van der Waals surface area (Å²) in [6.07, 6.45) is 3.21. The Morgan fingerprint density at radius 3 is 2.72 bits per heavy atom. The number of benzene rings is 1. The first-order chi connectivity index (χ1) is 15.4.